The van der Waals surface area contributed by atoms with Crippen LogP contribution in [0.1, 0.15) is 37.7 Å². The Kier molecular flexibility index (Phi) is 6.39. The molecule has 2 aromatic heterocycles. The number of carbonyl (C=O) groups excluding carboxylic acids is 1. The minimum atomic E-state index is 0.0954. The van der Waals surface area contributed by atoms with Crippen LogP contribution in [-0.4, -0.2) is 78.2 Å². The number of nitrogens with zero attached hydrogens (tertiary/aromatic N) is 3. The summed E-state index contributed by atoms with van der Waals surface area (Å²) in [6.07, 6.45) is 10.6. The maximum Gasteiger partial charge on any atom is 0.246 e. The molecule has 7 nitrogen and oxygen atoms in total. The van der Waals surface area contributed by atoms with E-state index in [1.54, 1.807) is 6.08 Å². The monoisotopic (exact) mass is 411 g/mol. The minimum absolute atomic E-state index is 0.0954. The molecule has 4 heterocycles. The van der Waals surface area contributed by atoms with Crippen molar-refractivity contribution < 1.29 is 9.53 Å². The van der Waals surface area contributed by atoms with Crippen LogP contribution in [0.2, 0.25) is 0 Å². The highest BCUT2D eigenvalue weighted by molar-refractivity contribution is 5.93. The van der Waals surface area contributed by atoms with Gasteiger partial charge in [-0.15, -0.1) is 0 Å². The Bertz CT molecular complexity index is 900. The van der Waals surface area contributed by atoms with E-state index in [-0.39, 0.29) is 18.0 Å². The summed E-state index contributed by atoms with van der Waals surface area (Å²) in [5.41, 5.74) is 3.36. The summed E-state index contributed by atoms with van der Waals surface area (Å²) in [6.45, 7) is 5.32. The molecule has 2 aromatic rings. The Hall–Kier alpha value is -2.38. The Labute approximate surface area is 178 Å². The van der Waals surface area contributed by atoms with Crippen molar-refractivity contribution in [1.29, 1.82) is 0 Å². The van der Waals surface area contributed by atoms with E-state index in [9.17, 15) is 4.79 Å². The highest BCUT2D eigenvalue weighted by atomic mass is 16.5. The first-order chi connectivity index (χ1) is 14.5. The molecular formula is C23H33N5O2. The molecule has 2 aliphatic heterocycles. The van der Waals surface area contributed by atoms with Crippen LogP contribution in [0, 0.1) is 0 Å². The SMILES string of the molecule is C[C@@H]1[C@H](Nc2ccnc3[nH]cc(C4CCOCC4)c23)CCN1C(=O)/C=C/CN(C)C. The normalized spacial score (nSPS) is 23.1. The number of pyridine rings is 1. The van der Waals surface area contributed by atoms with E-state index in [0.717, 1.165) is 56.9 Å². The highest BCUT2D eigenvalue weighted by Crippen LogP contribution is 2.36. The maximum atomic E-state index is 12.6. The van der Waals surface area contributed by atoms with Crippen molar-refractivity contribution in [2.45, 2.75) is 44.2 Å². The summed E-state index contributed by atoms with van der Waals surface area (Å²) in [7, 11) is 4.00. The topological polar surface area (TPSA) is 73.5 Å². The molecule has 7 heteroatoms. The molecule has 0 aliphatic carbocycles. The fourth-order valence-corrected chi connectivity index (χ4v) is 4.64. The summed E-state index contributed by atoms with van der Waals surface area (Å²) in [4.78, 5) is 24.5. The zero-order valence-corrected chi connectivity index (χ0v) is 18.2. The van der Waals surface area contributed by atoms with E-state index in [4.69, 9.17) is 4.74 Å². The summed E-state index contributed by atoms with van der Waals surface area (Å²) >= 11 is 0. The molecule has 1 amide bonds. The molecule has 162 valence electrons. The molecule has 2 saturated heterocycles. The summed E-state index contributed by atoms with van der Waals surface area (Å²) in [5, 5.41) is 4.93. The number of fused-ring (bicyclic) bond motifs is 1. The molecule has 4 rings (SSSR count). The van der Waals surface area contributed by atoms with E-state index >= 15 is 0 Å². The fraction of sp³-hybridized carbons (Fsp3) is 0.565. The van der Waals surface area contributed by atoms with Gasteiger partial charge in [0, 0.05) is 67.9 Å². The van der Waals surface area contributed by atoms with Gasteiger partial charge in [0.2, 0.25) is 5.91 Å². The number of rotatable bonds is 6. The number of likely N-dealkylation sites (N-methyl/N-ethyl adjacent to an activating group) is 1. The number of hydrogen-bond acceptors (Lipinski definition) is 5. The van der Waals surface area contributed by atoms with E-state index in [2.05, 4.69) is 34.5 Å². The maximum absolute atomic E-state index is 12.6. The predicted octanol–water partition coefficient (Wildman–Crippen LogP) is 2.98. The Morgan fingerprint density at radius 1 is 1.37 bits per heavy atom. The molecule has 0 bridgehead atoms. The molecule has 2 aliphatic rings. The average molecular weight is 412 g/mol. The van der Waals surface area contributed by atoms with Crippen molar-refractivity contribution in [3.05, 3.63) is 36.2 Å². The van der Waals surface area contributed by atoms with Gasteiger partial charge in [-0.3, -0.25) is 4.79 Å². The number of carbonyl (C=O) groups is 1. The summed E-state index contributed by atoms with van der Waals surface area (Å²) in [5.74, 6) is 0.594. The van der Waals surface area contributed by atoms with Crippen molar-refractivity contribution >= 4 is 22.6 Å². The zero-order chi connectivity index (χ0) is 21.1. The standard InChI is InChI=1S/C23H33N5O2/c1-16-19(7-12-28(16)21(29)5-4-11-27(2)3)26-20-6-10-24-23-22(20)18(15-25-23)17-8-13-30-14-9-17/h4-6,10,15-17,19H,7-9,11-14H2,1-3H3,(H2,24,25,26)/b5-4+/t16-,19-/m1/s1. The lowest BCUT2D eigenvalue weighted by Crippen LogP contribution is -2.39. The lowest BCUT2D eigenvalue weighted by molar-refractivity contribution is -0.126. The Morgan fingerprint density at radius 3 is 2.93 bits per heavy atom. The van der Waals surface area contributed by atoms with E-state index in [1.165, 1.54) is 10.9 Å². The molecule has 0 spiro atoms. The lowest BCUT2D eigenvalue weighted by atomic mass is 9.91. The third kappa shape index (κ3) is 4.37. The van der Waals surface area contributed by atoms with Crippen LogP contribution in [0.4, 0.5) is 5.69 Å². The van der Waals surface area contributed by atoms with Crippen LogP contribution >= 0.6 is 0 Å². The number of nitrogens with one attached hydrogen (secondary N) is 2. The molecular weight excluding hydrogens is 378 g/mol. The van der Waals surface area contributed by atoms with Crippen molar-refractivity contribution in [1.82, 2.24) is 19.8 Å². The van der Waals surface area contributed by atoms with Crippen molar-refractivity contribution in [2.75, 3.05) is 45.7 Å². The first-order valence-electron chi connectivity index (χ1n) is 11.0. The molecule has 0 radical (unpaired) electrons. The molecule has 2 N–H and O–H groups in total. The van der Waals surface area contributed by atoms with Gasteiger partial charge < -0.3 is 24.8 Å². The lowest BCUT2D eigenvalue weighted by Gasteiger charge is -2.26. The second-order valence-corrected chi connectivity index (χ2v) is 8.69. The van der Waals surface area contributed by atoms with Crippen LogP contribution < -0.4 is 5.32 Å². The van der Waals surface area contributed by atoms with Crippen molar-refractivity contribution in [3.8, 4) is 0 Å². The van der Waals surface area contributed by atoms with Gasteiger partial charge in [0.25, 0.3) is 0 Å². The van der Waals surface area contributed by atoms with Gasteiger partial charge in [-0.25, -0.2) is 4.98 Å². The van der Waals surface area contributed by atoms with Gasteiger partial charge in [-0.1, -0.05) is 6.08 Å². The zero-order valence-electron chi connectivity index (χ0n) is 18.2. The van der Waals surface area contributed by atoms with Gasteiger partial charge in [0.1, 0.15) is 5.65 Å². The van der Waals surface area contributed by atoms with E-state index < -0.39 is 0 Å². The molecule has 30 heavy (non-hydrogen) atoms. The predicted molar refractivity (Wildman–Crippen MR) is 120 cm³/mol. The van der Waals surface area contributed by atoms with Crippen molar-refractivity contribution in [2.24, 2.45) is 0 Å². The number of likely N-dealkylation sites (tertiary alicyclic amines) is 1. The number of amides is 1. The number of aromatic amines is 1. The van der Waals surface area contributed by atoms with Gasteiger partial charge >= 0.3 is 0 Å². The Balaban J connectivity index is 1.50. The molecule has 2 atom stereocenters. The van der Waals surface area contributed by atoms with E-state index in [0.29, 0.717) is 5.92 Å². The molecule has 2 fully saturated rings. The number of aromatic nitrogens is 2. The number of H-pyrrole nitrogens is 1. The number of anilines is 1. The van der Waals surface area contributed by atoms with Crippen LogP contribution in [0.15, 0.2) is 30.6 Å². The summed E-state index contributed by atoms with van der Waals surface area (Å²) < 4.78 is 5.55. The number of hydrogen-bond donors (Lipinski definition) is 2. The van der Waals surface area contributed by atoms with Gasteiger partial charge in [0.15, 0.2) is 0 Å². The molecule has 0 unspecified atom stereocenters. The number of ether oxygens (including phenoxy) is 1. The van der Waals surface area contributed by atoms with Crippen molar-refractivity contribution in [3.63, 3.8) is 0 Å². The highest BCUT2D eigenvalue weighted by Gasteiger charge is 2.33. The second kappa shape index (κ2) is 9.18. The van der Waals surface area contributed by atoms with Crippen LogP contribution in [0.5, 0.6) is 0 Å². The third-order valence-corrected chi connectivity index (χ3v) is 6.38. The van der Waals surface area contributed by atoms with Crippen LogP contribution in [-0.2, 0) is 9.53 Å². The fourth-order valence-electron chi connectivity index (χ4n) is 4.64. The first kappa shape index (κ1) is 20.9. The Morgan fingerprint density at radius 2 is 2.17 bits per heavy atom. The smallest absolute Gasteiger partial charge is 0.246 e. The van der Waals surface area contributed by atoms with Gasteiger partial charge in [-0.2, -0.15) is 0 Å². The van der Waals surface area contributed by atoms with Crippen LogP contribution in [0.3, 0.4) is 0 Å². The largest absolute Gasteiger partial charge is 0.381 e. The van der Waals surface area contributed by atoms with Gasteiger partial charge in [0.05, 0.1) is 0 Å². The average Bonchev–Trinajstić information content (AvgIpc) is 3.33. The molecule has 0 aromatic carbocycles. The van der Waals surface area contributed by atoms with Gasteiger partial charge in [-0.05, 0) is 57.8 Å². The first-order valence-corrected chi connectivity index (χ1v) is 11.0. The van der Waals surface area contributed by atoms with E-state index in [1.807, 2.05) is 36.2 Å². The second-order valence-electron chi connectivity index (χ2n) is 8.69. The molecule has 0 saturated carbocycles. The quantitative estimate of drug-likeness (QED) is 0.715. The minimum Gasteiger partial charge on any atom is -0.381 e. The van der Waals surface area contributed by atoms with Crippen LogP contribution in [0.25, 0.3) is 11.0 Å². The summed E-state index contributed by atoms with van der Waals surface area (Å²) in [6, 6.07) is 2.42. The third-order valence-electron chi connectivity index (χ3n) is 6.38.